The summed E-state index contributed by atoms with van der Waals surface area (Å²) < 4.78 is 5.29. The topological polar surface area (TPSA) is 21.3 Å². The van der Waals surface area contributed by atoms with Crippen molar-refractivity contribution in [3.63, 3.8) is 0 Å². The predicted molar refractivity (Wildman–Crippen MR) is 57.7 cm³/mol. The third kappa shape index (κ3) is 2.48. The maximum atomic E-state index is 5.29. The van der Waals surface area contributed by atoms with Gasteiger partial charge >= 0.3 is 0 Å². The Bertz CT molecular complexity index is 294. The SMILES string of the molecule is COc1ccccc1CCNC1CC1. The first kappa shape index (κ1) is 9.53. The summed E-state index contributed by atoms with van der Waals surface area (Å²) in [5.74, 6) is 1.00. The van der Waals surface area contributed by atoms with Crippen LogP contribution in [0.1, 0.15) is 18.4 Å². The molecule has 2 heteroatoms. The zero-order valence-corrected chi connectivity index (χ0v) is 8.62. The Hall–Kier alpha value is -1.02. The Kier molecular flexibility index (Phi) is 3.04. The van der Waals surface area contributed by atoms with Gasteiger partial charge in [0.05, 0.1) is 7.11 Å². The summed E-state index contributed by atoms with van der Waals surface area (Å²) in [5.41, 5.74) is 1.29. The number of methoxy groups -OCH3 is 1. The van der Waals surface area contributed by atoms with Crippen LogP contribution in [0.4, 0.5) is 0 Å². The third-order valence-electron chi connectivity index (χ3n) is 2.60. The van der Waals surface area contributed by atoms with Crippen LogP contribution in [-0.2, 0) is 6.42 Å². The van der Waals surface area contributed by atoms with E-state index in [4.69, 9.17) is 4.74 Å². The van der Waals surface area contributed by atoms with Gasteiger partial charge in [0, 0.05) is 6.04 Å². The molecule has 0 aliphatic heterocycles. The molecule has 0 aromatic heterocycles. The second kappa shape index (κ2) is 4.47. The van der Waals surface area contributed by atoms with Crippen LogP contribution in [0, 0.1) is 0 Å². The fourth-order valence-electron chi connectivity index (χ4n) is 1.61. The normalized spacial score (nSPS) is 15.5. The molecule has 1 fully saturated rings. The summed E-state index contributed by atoms with van der Waals surface area (Å²) in [6.07, 6.45) is 3.76. The average Bonchev–Trinajstić information content (AvgIpc) is 3.03. The van der Waals surface area contributed by atoms with Crippen LogP contribution >= 0.6 is 0 Å². The Labute approximate surface area is 85.3 Å². The predicted octanol–water partition coefficient (Wildman–Crippen LogP) is 1.99. The fraction of sp³-hybridized carbons (Fsp3) is 0.500. The van der Waals surface area contributed by atoms with Crippen LogP contribution in [0.3, 0.4) is 0 Å². The maximum absolute atomic E-state index is 5.29. The van der Waals surface area contributed by atoms with Gasteiger partial charge < -0.3 is 10.1 Å². The van der Waals surface area contributed by atoms with Crippen molar-refractivity contribution in [1.82, 2.24) is 5.32 Å². The van der Waals surface area contributed by atoms with E-state index in [0.717, 1.165) is 24.8 Å². The van der Waals surface area contributed by atoms with Crippen molar-refractivity contribution in [2.24, 2.45) is 0 Å². The molecule has 0 heterocycles. The number of hydrogen-bond acceptors (Lipinski definition) is 2. The molecule has 0 atom stereocenters. The lowest BCUT2D eigenvalue weighted by molar-refractivity contribution is 0.409. The van der Waals surface area contributed by atoms with Crippen LogP contribution in [0.5, 0.6) is 5.75 Å². The van der Waals surface area contributed by atoms with Gasteiger partial charge in [-0.05, 0) is 37.4 Å². The molecule has 0 amide bonds. The van der Waals surface area contributed by atoms with E-state index < -0.39 is 0 Å². The number of nitrogens with one attached hydrogen (secondary N) is 1. The standard InChI is InChI=1S/C12H17NO/c1-14-12-5-3-2-4-10(12)8-9-13-11-6-7-11/h2-5,11,13H,6-9H2,1H3. The van der Waals surface area contributed by atoms with Crippen molar-refractivity contribution >= 4 is 0 Å². The van der Waals surface area contributed by atoms with Crippen molar-refractivity contribution in [3.05, 3.63) is 29.8 Å². The minimum atomic E-state index is 0.796. The molecule has 0 saturated heterocycles. The van der Waals surface area contributed by atoms with Gasteiger partial charge in [0.25, 0.3) is 0 Å². The molecule has 1 aromatic rings. The molecule has 0 radical (unpaired) electrons. The van der Waals surface area contributed by atoms with E-state index in [1.807, 2.05) is 12.1 Å². The summed E-state index contributed by atoms with van der Waals surface area (Å²) >= 11 is 0. The largest absolute Gasteiger partial charge is 0.496 e. The first-order valence-corrected chi connectivity index (χ1v) is 5.25. The van der Waals surface area contributed by atoms with Crippen LogP contribution in [0.15, 0.2) is 24.3 Å². The van der Waals surface area contributed by atoms with Gasteiger partial charge in [-0.3, -0.25) is 0 Å². The number of rotatable bonds is 5. The number of ether oxygens (including phenoxy) is 1. The van der Waals surface area contributed by atoms with Crippen molar-refractivity contribution in [1.29, 1.82) is 0 Å². The van der Waals surface area contributed by atoms with Crippen LogP contribution in [-0.4, -0.2) is 19.7 Å². The Morgan fingerprint density at radius 1 is 1.36 bits per heavy atom. The highest BCUT2D eigenvalue weighted by Crippen LogP contribution is 2.20. The molecule has 1 aliphatic carbocycles. The lowest BCUT2D eigenvalue weighted by Crippen LogP contribution is -2.19. The summed E-state index contributed by atoms with van der Waals surface area (Å²) in [7, 11) is 1.73. The quantitative estimate of drug-likeness (QED) is 0.768. The number of para-hydroxylation sites is 1. The number of hydrogen-bond donors (Lipinski definition) is 1. The molecule has 2 rings (SSSR count). The van der Waals surface area contributed by atoms with Gasteiger partial charge in [-0.25, -0.2) is 0 Å². The minimum absolute atomic E-state index is 0.796. The van der Waals surface area contributed by atoms with Gasteiger partial charge in [0.1, 0.15) is 5.75 Å². The zero-order valence-electron chi connectivity index (χ0n) is 8.62. The molecule has 1 N–H and O–H groups in total. The Morgan fingerprint density at radius 3 is 2.86 bits per heavy atom. The third-order valence-corrected chi connectivity index (χ3v) is 2.60. The van der Waals surface area contributed by atoms with Crippen molar-refractivity contribution in [2.75, 3.05) is 13.7 Å². The first-order chi connectivity index (χ1) is 6.90. The van der Waals surface area contributed by atoms with Crippen molar-refractivity contribution in [3.8, 4) is 5.75 Å². The summed E-state index contributed by atoms with van der Waals surface area (Å²) in [5, 5.41) is 3.50. The molecule has 1 aromatic carbocycles. The highest BCUT2D eigenvalue weighted by Gasteiger charge is 2.19. The second-order valence-corrected chi connectivity index (χ2v) is 3.79. The van der Waals surface area contributed by atoms with Gasteiger partial charge in [-0.15, -0.1) is 0 Å². The minimum Gasteiger partial charge on any atom is -0.496 e. The van der Waals surface area contributed by atoms with Gasteiger partial charge in [-0.2, -0.15) is 0 Å². The Morgan fingerprint density at radius 2 is 2.14 bits per heavy atom. The Balaban J connectivity index is 1.86. The average molecular weight is 191 g/mol. The van der Waals surface area contributed by atoms with Gasteiger partial charge in [-0.1, -0.05) is 18.2 Å². The fourth-order valence-corrected chi connectivity index (χ4v) is 1.61. The van der Waals surface area contributed by atoms with Gasteiger partial charge in [0.2, 0.25) is 0 Å². The molecule has 1 aliphatic rings. The van der Waals surface area contributed by atoms with E-state index in [-0.39, 0.29) is 0 Å². The van der Waals surface area contributed by atoms with Crippen LogP contribution in [0.2, 0.25) is 0 Å². The van der Waals surface area contributed by atoms with E-state index in [9.17, 15) is 0 Å². The summed E-state index contributed by atoms with van der Waals surface area (Å²) in [4.78, 5) is 0. The van der Waals surface area contributed by atoms with Gasteiger partial charge in [0.15, 0.2) is 0 Å². The zero-order chi connectivity index (χ0) is 9.80. The highest BCUT2D eigenvalue weighted by atomic mass is 16.5. The molecular formula is C12H17NO. The van der Waals surface area contributed by atoms with E-state index >= 15 is 0 Å². The van der Waals surface area contributed by atoms with E-state index in [1.54, 1.807) is 7.11 Å². The first-order valence-electron chi connectivity index (χ1n) is 5.25. The van der Waals surface area contributed by atoms with E-state index in [1.165, 1.54) is 18.4 Å². The molecule has 14 heavy (non-hydrogen) atoms. The molecular weight excluding hydrogens is 174 g/mol. The molecule has 0 bridgehead atoms. The lowest BCUT2D eigenvalue weighted by Gasteiger charge is -2.08. The lowest BCUT2D eigenvalue weighted by atomic mass is 10.1. The van der Waals surface area contributed by atoms with Crippen LogP contribution < -0.4 is 10.1 Å². The summed E-state index contributed by atoms with van der Waals surface area (Å²) in [6, 6.07) is 9.02. The molecule has 2 nitrogen and oxygen atoms in total. The summed E-state index contributed by atoms with van der Waals surface area (Å²) in [6.45, 7) is 1.06. The van der Waals surface area contributed by atoms with Crippen LogP contribution in [0.25, 0.3) is 0 Å². The molecule has 0 unspecified atom stereocenters. The second-order valence-electron chi connectivity index (χ2n) is 3.79. The number of benzene rings is 1. The van der Waals surface area contributed by atoms with E-state index in [2.05, 4.69) is 17.4 Å². The molecule has 1 saturated carbocycles. The monoisotopic (exact) mass is 191 g/mol. The molecule has 0 spiro atoms. The molecule has 76 valence electrons. The maximum Gasteiger partial charge on any atom is 0.122 e. The van der Waals surface area contributed by atoms with Crippen molar-refractivity contribution in [2.45, 2.75) is 25.3 Å². The highest BCUT2D eigenvalue weighted by molar-refractivity contribution is 5.33. The van der Waals surface area contributed by atoms with Crippen molar-refractivity contribution < 1.29 is 4.74 Å². The smallest absolute Gasteiger partial charge is 0.122 e. The van der Waals surface area contributed by atoms with E-state index in [0.29, 0.717) is 0 Å².